The van der Waals surface area contributed by atoms with Crippen LogP contribution in [-0.4, -0.2) is 40.8 Å². The van der Waals surface area contributed by atoms with Crippen LogP contribution in [0.4, 0.5) is 5.95 Å². The maximum Gasteiger partial charge on any atom is 0.228 e. The van der Waals surface area contributed by atoms with Crippen molar-refractivity contribution in [1.82, 2.24) is 14.5 Å². The van der Waals surface area contributed by atoms with Crippen LogP contribution in [0.2, 0.25) is 0 Å². The normalized spacial score (nSPS) is 15.5. The van der Waals surface area contributed by atoms with Crippen molar-refractivity contribution in [3.05, 3.63) is 42.7 Å². The third kappa shape index (κ3) is 3.12. The molecule has 6 nitrogen and oxygen atoms in total. The number of aromatic nitrogens is 3. The van der Waals surface area contributed by atoms with E-state index in [-0.39, 0.29) is 6.10 Å². The van der Waals surface area contributed by atoms with Gasteiger partial charge in [-0.15, -0.1) is 0 Å². The largest absolute Gasteiger partial charge is 0.490 e. The molecule has 0 bridgehead atoms. The van der Waals surface area contributed by atoms with E-state index < -0.39 is 0 Å². The van der Waals surface area contributed by atoms with Crippen LogP contribution in [0, 0.1) is 0 Å². The Morgan fingerprint density at radius 1 is 1.12 bits per heavy atom. The minimum absolute atomic E-state index is 0.215. The Morgan fingerprint density at radius 3 is 2.76 bits per heavy atom. The summed E-state index contributed by atoms with van der Waals surface area (Å²) in [5.74, 6) is 2.29. The standard InChI is InChI=1S/C19H22N4O2/c1-22-11-9-15-16(22)4-3-5-17(15)25-14-7-12-23(13-8-14)19-20-10-6-18(21-19)24-2/h3-6,9-11,14H,7-8,12-13H2,1-2H3. The van der Waals surface area contributed by atoms with Gasteiger partial charge in [0, 0.05) is 56.8 Å². The smallest absolute Gasteiger partial charge is 0.228 e. The summed E-state index contributed by atoms with van der Waals surface area (Å²) in [4.78, 5) is 11.0. The van der Waals surface area contributed by atoms with Gasteiger partial charge in [-0.3, -0.25) is 0 Å². The summed E-state index contributed by atoms with van der Waals surface area (Å²) in [6.07, 6.45) is 5.92. The Labute approximate surface area is 147 Å². The summed E-state index contributed by atoms with van der Waals surface area (Å²) in [6.45, 7) is 1.76. The number of fused-ring (bicyclic) bond motifs is 1. The molecule has 1 aliphatic rings. The van der Waals surface area contributed by atoms with Gasteiger partial charge in [0.25, 0.3) is 0 Å². The van der Waals surface area contributed by atoms with Crippen molar-refractivity contribution in [3.63, 3.8) is 0 Å². The second-order valence-electron chi connectivity index (χ2n) is 6.32. The molecule has 2 aromatic heterocycles. The SMILES string of the molecule is COc1ccnc(N2CCC(Oc3cccc4c3ccn4C)CC2)n1. The average Bonchev–Trinajstić information content (AvgIpc) is 3.05. The predicted molar refractivity (Wildman–Crippen MR) is 97.4 cm³/mol. The molecule has 1 saturated heterocycles. The average molecular weight is 338 g/mol. The summed E-state index contributed by atoms with van der Waals surface area (Å²) in [5, 5.41) is 1.17. The molecule has 1 aromatic carbocycles. The van der Waals surface area contributed by atoms with Gasteiger partial charge in [0.15, 0.2) is 0 Å². The van der Waals surface area contributed by atoms with E-state index in [0.717, 1.165) is 37.6 Å². The van der Waals surface area contributed by atoms with Crippen molar-refractivity contribution in [2.45, 2.75) is 18.9 Å². The van der Waals surface area contributed by atoms with E-state index in [2.05, 4.69) is 56.9 Å². The number of hydrogen-bond donors (Lipinski definition) is 0. The first-order chi connectivity index (χ1) is 12.2. The van der Waals surface area contributed by atoms with E-state index in [1.807, 2.05) is 0 Å². The van der Waals surface area contributed by atoms with Gasteiger partial charge in [-0.25, -0.2) is 4.98 Å². The van der Waals surface area contributed by atoms with Crippen LogP contribution in [0.3, 0.4) is 0 Å². The van der Waals surface area contributed by atoms with Gasteiger partial charge < -0.3 is 18.9 Å². The first-order valence-corrected chi connectivity index (χ1v) is 8.57. The lowest BCUT2D eigenvalue weighted by molar-refractivity contribution is 0.172. The predicted octanol–water partition coefficient (Wildman–Crippen LogP) is 3.02. The molecule has 0 spiro atoms. The molecule has 0 aliphatic carbocycles. The minimum Gasteiger partial charge on any atom is -0.490 e. The van der Waals surface area contributed by atoms with Crippen molar-refractivity contribution < 1.29 is 9.47 Å². The van der Waals surface area contributed by atoms with Gasteiger partial charge >= 0.3 is 0 Å². The molecule has 1 aliphatic heterocycles. The van der Waals surface area contributed by atoms with Crippen molar-refractivity contribution in [2.24, 2.45) is 7.05 Å². The van der Waals surface area contributed by atoms with Crippen LogP contribution in [0.15, 0.2) is 42.7 Å². The summed E-state index contributed by atoms with van der Waals surface area (Å²) in [7, 11) is 3.68. The highest BCUT2D eigenvalue weighted by molar-refractivity contribution is 5.86. The zero-order valence-corrected chi connectivity index (χ0v) is 14.6. The number of nitrogens with zero attached hydrogens (tertiary/aromatic N) is 4. The van der Waals surface area contributed by atoms with Gasteiger partial charge in [0.05, 0.1) is 12.6 Å². The molecule has 0 N–H and O–H groups in total. The zero-order chi connectivity index (χ0) is 17.2. The second kappa shape index (κ2) is 6.63. The third-order valence-corrected chi connectivity index (χ3v) is 4.73. The second-order valence-corrected chi connectivity index (χ2v) is 6.32. The summed E-state index contributed by atoms with van der Waals surface area (Å²) in [6, 6.07) is 10.1. The number of methoxy groups -OCH3 is 1. The first-order valence-electron chi connectivity index (χ1n) is 8.57. The molecule has 0 saturated carbocycles. The highest BCUT2D eigenvalue weighted by atomic mass is 16.5. The lowest BCUT2D eigenvalue weighted by atomic mass is 10.1. The van der Waals surface area contributed by atoms with Crippen molar-refractivity contribution >= 4 is 16.9 Å². The molecular formula is C19H22N4O2. The van der Waals surface area contributed by atoms with E-state index in [4.69, 9.17) is 9.47 Å². The van der Waals surface area contributed by atoms with Gasteiger partial charge in [-0.05, 0) is 18.2 Å². The van der Waals surface area contributed by atoms with Crippen molar-refractivity contribution in [1.29, 1.82) is 0 Å². The Hall–Kier alpha value is -2.76. The lowest BCUT2D eigenvalue weighted by Crippen LogP contribution is -2.39. The number of piperidine rings is 1. The number of benzene rings is 1. The van der Waals surface area contributed by atoms with Crippen LogP contribution in [0.1, 0.15) is 12.8 Å². The molecule has 3 aromatic rings. The Morgan fingerprint density at radius 2 is 1.96 bits per heavy atom. The van der Waals surface area contributed by atoms with E-state index in [9.17, 15) is 0 Å². The number of rotatable bonds is 4. The maximum absolute atomic E-state index is 6.31. The molecular weight excluding hydrogens is 316 g/mol. The van der Waals surface area contributed by atoms with Gasteiger partial charge in [0.1, 0.15) is 11.9 Å². The van der Waals surface area contributed by atoms with E-state index in [0.29, 0.717) is 5.88 Å². The van der Waals surface area contributed by atoms with Crippen molar-refractivity contribution in [3.8, 4) is 11.6 Å². The highest BCUT2D eigenvalue weighted by Gasteiger charge is 2.23. The number of hydrogen-bond acceptors (Lipinski definition) is 5. The van der Waals surface area contributed by atoms with E-state index in [1.165, 1.54) is 10.9 Å². The molecule has 3 heterocycles. The van der Waals surface area contributed by atoms with Gasteiger partial charge in [-0.2, -0.15) is 4.98 Å². The van der Waals surface area contributed by atoms with Crippen LogP contribution >= 0.6 is 0 Å². The van der Waals surface area contributed by atoms with Crippen LogP contribution < -0.4 is 14.4 Å². The fraction of sp³-hybridized carbons (Fsp3) is 0.368. The monoisotopic (exact) mass is 338 g/mol. The molecule has 4 rings (SSSR count). The Kier molecular flexibility index (Phi) is 4.17. The molecule has 130 valence electrons. The summed E-state index contributed by atoms with van der Waals surface area (Å²) in [5.41, 5.74) is 1.19. The van der Waals surface area contributed by atoms with Crippen LogP contribution in [-0.2, 0) is 7.05 Å². The quantitative estimate of drug-likeness (QED) is 0.732. The third-order valence-electron chi connectivity index (χ3n) is 4.73. The highest BCUT2D eigenvalue weighted by Crippen LogP contribution is 2.29. The molecule has 0 atom stereocenters. The summed E-state index contributed by atoms with van der Waals surface area (Å²) < 4.78 is 13.6. The molecule has 25 heavy (non-hydrogen) atoms. The topological polar surface area (TPSA) is 52.4 Å². The minimum atomic E-state index is 0.215. The number of aryl methyl sites for hydroxylation is 1. The van der Waals surface area contributed by atoms with E-state index >= 15 is 0 Å². The molecule has 0 unspecified atom stereocenters. The van der Waals surface area contributed by atoms with Gasteiger partial charge in [0.2, 0.25) is 11.8 Å². The molecule has 0 amide bonds. The first kappa shape index (κ1) is 15.7. The zero-order valence-electron chi connectivity index (χ0n) is 14.6. The Bertz CT molecular complexity index is 869. The molecule has 6 heteroatoms. The lowest BCUT2D eigenvalue weighted by Gasteiger charge is -2.32. The molecule has 1 fully saturated rings. The number of ether oxygens (including phenoxy) is 2. The maximum atomic E-state index is 6.31. The van der Waals surface area contributed by atoms with E-state index in [1.54, 1.807) is 19.4 Å². The van der Waals surface area contributed by atoms with Gasteiger partial charge in [-0.1, -0.05) is 6.07 Å². The van der Waals surface area contributed by atoms with Crippen molar-refractivity contribution in [2.75, 3.05) is 25.1 Å². The Balaban J connectivity index is 1.43. The number of anilines is 1. The van der Waals surface area contributed by atoms with Crippen LogP contribution in [0.5, 0.6) is 11.6 Å². The fourth-order valence-electron chi connectivity index (χ4n) is 3.33. The van der Waals surface area contributed by atoms with Crippen LogP contribution in [0.25, 0.3) is 10.9 Å². The fourth-order valence-corrected chi connectivity index (χ4v) is 3.33. The molecule has 0 radical (unpaired) electrons. The summed E-state index contributed by atoms with van der Waals surface area (Å²) >= 11 is 0.